The molecule has 3 heterocycles. The number of aryl methyl sites for hydroxylation is 1. The van der Waals surface area contributed by atoms with E-state index >= 15 is 0 Å². The summed E-state index contributed by atoms with van der Waals surface area (Å²) in [5, 5.41) is 6.86. The number of nitrogens with one attached hydrogen (secondary N) is 1. The van der Waals surface area contributed by atoms with Crippen molar-refractivity contribution in [1.82, 2.24) is 20.0 Å². The number of carbonyl (C=O) groups excluding carboxylic acids is 3. The summed E-state index contributed by atoms with van der Waals surface area (Å²) in [5.41, 5.74) is 6.40. The van der Waals surface area contributed by atoms with E-state index in [9.17, 15) is 14.4 Å². The van der Waals surface area contributed by atoms with Crippen LogP contribution in [0.1, 0.15) is 34.3 Å². The summed E-state index contributed by atoms with van der Waals surface area (Å²) in [6, 6.07) is 23.1. The molecule has 2 aliphatic heterocycles. The van der Waals surface area contributed by atoms with Gasteiger partial charge in [0, 0.05) is 36.7 Å². The number of hydrogen-bond donors (Lipinski definition) is 1. The van der Waals surface area contributed by atoms with Crippen LogP contribution in [0.15, 0.2) is 79.0 Å². The van der Waals surface area contributed by atoms with Crippen LogP contribution in [0, 0.1) is 0 Å². The molecule has 2 aliphatic rings. The zero-order chi connectivity index (χ0) is 26.2. The Bertz CT molecular complexity index is 1540. The van der Waals surface area contributed by atoms with E-state index in [1.165, 1.54) is 0 Å². The second kappa shape index (κ2) is 9.63. The van der Waals surface area contributed by atoms with Crippen LogP contribution in [0.5, 0.6) is 5.75 Å². The molecule has 1 aromatic heterocycles. The van der Waals surface area contributed by atoms with Gasteiger partial charge in [-0.2, -0.15) is 5.10 Å². The van der Waals surface area contributed by atoms with E-state index in [1.54, 1.807) is 4.90 Å². The van der Waals surface area contributed by atoms with Gasteiger partial charge in [0.25, 0.3) is 5.91 Å². The minimum atomic E-state index is -0.630. The highest BCUT2D eigenvalue weighted by molar-refractivity contribution is 6.05. The summed E-state index contributed by atoms with van der Waals surface area (Å²) in [6.07, 6.45) is 2.41. The van der Waals surface area contributed by atoms with E-state index in [1.807, 2.05) is 78.6 Å². The number of carbonyl (C=O) groups is 3. The molecule has 1 atom stereocenters. The molecular weight excluding hydrogens is 480 g/mol. The van der Waals surface area contributed by atoms with Crippen LogP contribution < -0.4 is 10.1 Å². The predicted molar refractivity (Wildman–Crippen MR) is 141 cm³/mol. The van der Waals surface area contributed by atoms with Gasteiger partial charge >= 0.3 is 0 Å². The van der Waals surface area contributed by atoms with E-state index in [0.29, 0.717) is 25.1 Å². The highest BCUT2D eigenvalue weighted by Gasteiger charge is 2.39. The smallest absolute Gasteiger partial charge is 0.255 e. The number of benzene rings is 3. The molecule has 1 saturated heterocycles. The van der Waals surface area contributed by atoms with Crippen LogP contribution in [0.25, 0.3) is 22.4 Å². The van der Waals surface area contributed by atoms with Gasteiger partial charge in [-0.3, -0.25) is 24.4 Å². The second-order valence-corrected chi connectivity index (χ2v) is 9.60. The topological polar surface area (TPSA) is 93.5 Å². The van der Waals surface area contributed by atoms with Crippen molar-refractivity contribution >= 4 is 17.7 Å². The quantitative estimate of drug-likeness (QED) is 0.398. The molecule has 8 heteroatoms. The third kappa shape index (κ3) is 4.34. The van der Waals surface area contributed by atoms with Gasteiger partial charge in [0.15, 0.2) is 0 Å². The molecule has 3 aromatic carbocycles. The SMILES string of the molecule is Cn1ncc(-c2ccc3c(c2)CN(C2CCC(=O)NC2=O)C3=O)c1-c1ccc(COc2ccccc2)cc1. The Morgan fingerprint density at radius 3 is 2.47 bits per heavy atom. The lowest BCUT2D eigenvalue weighted by Gasteiger charge is -2.29. The monoisotopic (exact) mass is 506 g/mol. The lowest BCUT2D eigenvalue weighted by molar-refractivity contribution is -0.136. The zero-order valence-electron chi connectivity index (χ0n) is 20.9. The largest absolute Gasteiger partial charge is 0.489 e. The van der Waals surface area contributed by atoms with E-state index in [4.69, 9.17) is 4.74 Å². The van der Waals surface area contributed by atoms with Gasteiger partial charge in [0.05, 0.1) is 11.9 Å². The molecule has 0 radical (unpaired) electrons. The lowest BCUT2D eigenvalue weighted by atomic mass is 9.97. The number of aromatic nitrogens is 2. The fourth-order valence-electron chi connectivity index (χ4n) is 5.18. The van der Waals surface area contributed by atoms with Crippen molar-refractivity contribution < 1.29 is 19.1 Å². The Hall–Kier alpha value is -4.72. The van der Waals surface area contributed by atoms with Gasteiger partial charge in [-0.05, 0) is 47.4 Å². The molecule has 1 unspecified atom stereocenters. The van der Waals surface area contributed by atoms with Crippen molar-refractivity contribution in [2.24, 2.45) is 7.05 Å². The van der Waals surface area contributed by atoms with E-state index in [2.05, 4.69) is 22.5 Å². The maximum atomic E-state index is 13.1. The van der Waals surface area contributed by atoms with Gasteiger partial charge in [-0.25, -0.2) is 0 Å². The number of para-hydroxylation sites is 1. The van der Waals surface area contributed by atoms with Crippen LogP contribution in [-0.2, 0) is 29.8 Å². The highest BCUT2D eigenvalue weighted by atomic mass is 16.5. The fourth-order valence-corrected chi connectivity index (χ4v) is 5.18. The fraction of sp³-hybridized carbons (Fsp3) is 0.200. The number of amides is 3. The van der Waals surface area contributed by atoms with E-state index in [-0.39, 0.29) is 18.2 Å². The standard InChI is InChI=1S/C30H26N4O4/c1-33-28(20-9-7-19(8-10-20)18-38-23-5-3-2-4-6-23)25(16-31-33)21-11-12-24-22(15-21)17-34(30(24)37)26-13-14-27(35)32-29(26)36/h2-12,15-16,26H,13-14,17-18H2,1H3,(H,32,35,36). The Kier molecular flexibility index (Phi) is 5.99. The predicted octanol–water partition coefficient (Wildman–Crippen LogP) is 4.09. The summed E-state index contributed by atoms with van der Waals surface area (Å²) in [5.74, 6) is -0.0501. The summed E-state index contributed by atoms with van der Waals surface area (Å²) in [4.78, 5) is 38.6. The first-order valence-electron chi connectivity index (χ1n) is 12.5. The van der Waals surface area contributed by atoms with Crippen molar-refractivity contribution in [1.29, 1.82) is 0 Å². The molecule has 0 bridgehead atoms. The van der Waals surface area contributed by atoms with Crippen LogP contribution in [0.3, 0.4) is 0 Å². The van der Waals surface area contributed by atoms with Crippen LogP contribution in [0.4, 0.5) is 0 Å². The molecule has 0 aliphatic carbocycles. The number of hydrogen-bond acceptors (Lipinski definition) is 5. The maximum Gasteiger partial charge on any atom is 0.255 e. The number of fused-ring (bicyclic) bond motifs is 1. The summed E-state index contributed by atoms with van der Waals surface area (Å²) < 4.78 is 7.71. The van der Waals surface area contributed by atoms with Crippen LogP contribution >= 0.6 is 0 Å². The maximum absolute atomic E-state index is 13.1. The molecule has 8 nitrogen and oxygen atoms in total. The molecule has 4 aromatic rings. The lowest BCUT2D eigenvalue weighted by Crippen LogP contribution is -2.52. The molecule has 0 spiro atoms. The van der Waals surface area contributed by atoms with E-state index in [0.717, 1.165) is 39.3 Å². The third-order valence-electron chi connectivity index (χ3n) is 7.15. The Balaban J connectivity index is 1.23. The molecule has 190 valence electrons. The van der Waals surface area contributed by atoms with Crippen molar-refractivity contribution in [2.45, 2.75) is 32.0 Å². The Morgan fingerprint density at radius 1 is 0.947 bits per heavy atom. The summed E-state index contributed by atoms with van der Waals surface area (Å²) in [7, 11) is 1.91. The van der Waals surface area contributed by atoms with E-state index < -0.39 is 11.9 Å². The average Bonchev–Trinajstić information content (AvgIpc) is 3.47. The van der Waals surface area contributed by atoms with Crippen LogP contribution in [-0.4, -0.2) is 38.4 Å². The number of rotatable bonds is 6. The first-order chi connectivity index (χ1) is 18.5. The number of piperidine rings is 1. The molecule has 1 fully saturated rings. The molecule has 0 saturated carbocycles. The van der Waals surface area contributed by atoms with Crippen molar-refractivity contribution in [2.75, 3.05) is 0 Å². The number of nitrogens with zero attached hydrogens (tertiary/aromatic N) is 3. The molecule has 38 heavy (non-hydrogen) atoms. The van der Waals surface area contributed by atoms with Gasteiger partial charge in [-0.1, -0.05) is 48.5 Å². The van der Waals surface area contributed by atoms with Crippen molar-refractivity contribution in [3.63, 3.8) is 0 Å². The molecule has 6 rings (SSSR count). The minimum Gasteiger partial charge on any atom is -0.489 e. The van der Waals surface area contributed by atoms with Gasteiger partial charge < -0.3 is 9.64 Å². The van der Waals surface area contributed by atoms with Gasteiger partial charge in [0.2, 0.25) is 11.8 Å². The number of ether oxygens (including phenoxy) is 1. The van der Waals surface area contributed by atoms with Gasteiger partial charge in [-0.15, -0.1) is 0 Å². The highest BCUT2D eigenvalue weighted by Crippen LogP contribution is 2.35. The minimum absolute atomic E-state index is 0.180. The van der Waals surface area contributed by atoms with Gasteiger partial charge in [0.1, 0.15) is 18.4 Å². The Morgan fingerprint density at radius 2 is 1.71 bits per heavy atom. The molecule has 3 amide bonds. The first kappa shape index (κ1) is 23.7. The first-order valence-corrected chi connectivity index (χ1v) is 12.5. The third-order valence-corrected chi connectivity index (χ3v) is 7.15. The second-order valence-electron chi connectivity index (χ2n) is 9.60. The van der Waals surface area contributed by atoms with Crippen LogP contribution in [0.2, 0.25) is 0 Å². The average molecular weight is 507 g/mol. The summed E-state index contributed by atoms with van der Waals surface area (Å²) in [6.45, 7) is 0.811. The molecular formula is C30H26N4O4. The zero-order valence-corrected chi connectivity index (χ0v) is 20.9. The summed E-state index contributed by atoms with van der Waals surface area (Å²) >= 11 is 0. The normalized spacial score (nSPS) is 16.9. The molecule has 1 N–H and O–H groups in total. The van der Waals surface area contributed by atoms with Crippen molar-refractivity contribution in [3.8, 4) is 28.1 Å². The van der Waals surface area contributed by atoms with Crippen molar-refractivity contribution in [3.05, 3.63) is 95.7 Å². The number of imide groups is 1. The Labute approximate surface area is 219 Å².